The van der Waals surface area contributed by atoms with Gasteiger partial charge in [-0.05, 0) is 60.2 Å². The number of benzene rings is 2. The van der Waals surface area contributed by atoms with E-state index in [9.17, 15) is 9.18 Å². The van der Waals surface area contributed by atoms with E-state index in [-0.39, 0.29) is 17.1 Å². The van der Waals surface area contributed by atoms with Crippen LogP contribution in [0.2, 0.25) is 0 Å². The van der Waals surface area contributed by atoms with Gasteiger partial charge in [-0.15, -0.1) is 0 Å². The van der Waals surface area contributed by atoms with Crippen molar-refractivity contribution in [1.29, 1.82) is 0 Å². The van der Waals surface area contributed by atoms with E-state index >= 15 is 0 Å². The second kappa shape index (κ2) is 6.87. The number of hydrogen-bond donors (Lipinski definition) is 2. The van der Waals surface area contributed by atoms with Crippen molar-refractivity contribution < 1.29 is 9.18 Å². The molecule has 1 aliphatic carbocycles. The van der Waals surface area contributed by atoms with Crippen LogP contribution < -0.4 is 11.1 Å². The van der Waals surface area contributed by atoms with Crippen LogP contribution in [0.25, 0.3) is 22.3 Å². The molecule has 3 aromatic rings. The number of rotatable bonds is 3. The maximum atomic E-state index is 14.8. The van der Waals surface area contributed by atoms with E-state index in [1.807, 2.05) is 24.3 Å². The lowest BCUT2D eigenvalue weighted by Gasteiger charge is -2.18. The summed E-state index contributed by atoms with van der Waals surface area (Å²) in [5, 5.41) is 2.85. The van der Waals surface area contributed by atoms with Gasteiger partial charge in [0.05, 0.1) is 0 Å². The minimum atomic E-state index is -0.570. The second-order valence-corrected chi connectivity index (χ2v) is 9.47. The molecule has 1 unspecified atom stereocenters. The van der Waals surface area contributed by atoms with E-state index in [4.69, 9.17) is 5.73 Å². The molecule has 6 rings (SSSR count). The molecule has 2 aromatic carbocycles. The van der Waals surface area contributed by atoms with Crippen molar-refractivity contribution in [1.82, 2.24) is 15.2 Å². The van der Waals surface area contributed by atoms with Gasteiger partial charge in [0, 0.05) is 41.7 Å². The van der Waals surface area contributed by atoms with Gasteiger partial charge in [-0.25, -0.2) is 4.98 Å². The summed E-state index contributed by atoms with van der Waals surface area (Å²) in [6.45, 7) is 2.86. The summed E-state index contributed by atoms with van der Waals surface area (Å²) in [4.78, 5) is 18.4. The first-order valence-electron chi connectivity index (χ1n) is 11.1. The van der Waals surface area contributed by atoms with Crippen molar-refractivity contribution in [2.45, 2.75) is 18.3 Å². The third kappa shape index (κ3) is 2.93. The van der Waals surface area contributed by atoms with E-state index in [1.54, 1.807) is 12.1 Å². The van der Waals surface area contributed by atoms with Crippen molar-refractivity contribution in [2.75, 3.05) is 32.4 Å². The zero-order chi connectivity index (χ0) is 22.0. The zero-order valence-corrected chi connectivity index (χ0v) is 18.0. The van der Waals surface area contributed by atoms with E-state index in [1.165, 1.54) is 12.0 Å². The number of nitrogens with two attached hydrogens (primary N) is 1. The van der Waals surface area contributed by atoms with Gasteiger partial charge in [0.15, 0.2) is 0 Å². The molecular weight excluding hydrogens is 403 g/mol. The lowest BCUT2D eigenvalue weighted by Crippen LogP contribution is -2.31. The number of nitrogen functional groups attached to an aromatic ring is 1. The maximum absolute atomic E-state index is 14.8. The summed E-state index contributed by atoms with van der Waals surface area (Å²) >= 11 is 0. The molecule has 6 heteroatoms. The predicted molar refractivity (Wildman–Crippen MR) is 123 cm³/mol. The number of nitrogens with one attached hydrogen (secondary N) is 1. The molecule has 3 heterocycles. The fraction of sp³-hybridized carbons (Fsp3) is 0.308. The fourth-order valence-corrected chi connectivity index (χ4v) is 5.70. The molecule has 0 spiro atoms. The number of halogens is 1. The van der Waals surface area contributed by atoms with Crippen LogP contribution >= 0.6 is 0 Å². The van der Waals surface area contributed by atoms with Crippen LogP contribution in [-0.2, 0) is 11.8 Å². The van der Waals surface area contributed by atoms with Crippen molar-refractivity contribution in [3.8, 4) is 22.3 Å². The Morgan fingerprint density at radius 3 is 2.62 bits per heavy atom. The van der Waals surface area contributed by atoms with E-state index in [2.05, 4.69) is 34.4 Å². The van der Waals surface area contributed by atoms with E-state index in [0.717, 1.165) is 42.1 Å². The highest BCUT2D eigenvalue weighted by Crippen LogP contribution is 2.58. The Hall–Kier alpha value is -3.25. The first-order valence-corrected chi connectivity index (χ1v) is 11.1. The molecule has 1 saturated carbocycles. The van der Waals surface area contributed by atoms with Crippen LogP contribution in [-0.4, -0.2) is 42.5 Å². The standard InChI is InChI=1S/C26H25FN4O/c1-31-13-19-12-26(19,14-31)18-5-2-15(3-6-18)21-11-22(24(28)30-23(21)27)16-4-7-20-17(10-16)8-9-29-25(20)32/h2-7,10-11,19H,8-9,12-14H2,1H3,(H2,28,30)(H,29,32)/t19?,26-/m1/s1. The largest absolute Gasteiger partial charge is 0.383 e. The summed E-state index contributed by atoms with van der Waals surface area (Å²) in [6, 6.07) is 15.7. The van der Waals surface area contributed by atoms with Crippen LogP contribution in [0.15, 0.2) is 48.5 Å². The molecule has 0 radical (unpaired) electrons. The zero-order valence-electron chi connectivity index (χ0n) is 18.0. The number of pyridine rings is 1. The number of piperidine rings is 1. The highest BCUT2D eigenvalue weighted by atomic mass is 19.1. The van der Waals surface area contributed by atoms with Gasteiger partial charge in [-0.1, -0.05) is 36.4 Å². The molecule has 3 aliphatic rings. The lowest BCUT2D eigenvalue weighted by atomic mass is 9.92. The van der Waals surface area contributed by atoms with Crippen LogP contribution in [0.4, 0.5) is 10.2 Å². The Kier molecular flexibility index (Phi) is 4.17. The Morgan fingerprint density at radius 1 is 1.09 bits per heavy atom. The number of likely N-dealkylation sites (tertiary alicyclic amines) is 1. The van der Waals surface area contributed by atoms with Gasteiger partial charge in [0.1, 0.15) is 5.82 Å². The number of aromatic nitrogens is 1. The van der Waals surface area contributed by atoms with Crippen LogP contribution in [0.1, 0.15) is 27.9 Å². The summed E-state index contributed by atoms with van der Waals surface area (Å²) in [5.41, 5.74) is 12.1. The number of hydrogen-bond acceptors (Lipinski definition) is 4. The molecule has 2 atom stereocenters. The SMILES string of the molecule is CN1CC2C[C@]2(c2ccc(-c3cc(-c4ccc5c(c4)CCNC5=O)c(N)nc3F)cc2)C1. The van der Waals surface area contributed by atoms with Crippen LogP contribution in [0.5, 0.6) is 0 Å². The highest BCUT2D eigenvalue weighted by Gasteiger charge is 2.59. The van der Waals surface area contributed by atoms with Gasteiger partial charge in [-0.2, -0.15) is 4.39 Å². The number of carbonyl (C=O) groups is 1. The van der Waals surface area contributed by atoms with Crippen molar-refractivity contribution >= 4 is 11.7 Å². The molecular formula is C26H25FN4O. The number of anilines is 1. The molecule has 32 heavy (non-hydrogen) atoms. The minimum Gasteiger partial charge on any atom is -0.383 e. The quantitative estimate of drug-likeness (QED) is 0.625. The Bertz CT molecular complexity index is 1260. The highest BCUT2D eigenvalue weighted by molar-refractivity contribution is 5.97. The lowest BCUT2D eigenvalue weighted by molar-refractivity contribution is 0.0946. The predicted octanol–water partition coefficient (Wildman–Crippen LogP) is 3.63. The molecule has 162 valence electrons. The topological polar surface area (TPSA) is 71.2 Å². The van der Waals surface area contributed by atoms with Crippen molar-refractivity contribution in [3.63, 3.8) is 0 Å². The Labute approximate surface area is 186 Å². The summed E-state index contributed by atoms with van der Waals surface area (Å²) in [7, 11) is 2.17. The molecule has 1 saturated heterocycles. The first-order chi connectivity index (χ1) is 15.4. The van der Waals surface area contributed by atoms with Gasteiger partial charge in [-0.3, -0.25) is 4.79 Å². The minimum absolute atomic E-state index is 0.0605. The Balaban J connectivity index is 1.36. The average Bonchev–Trinajstić information content (AvgIpc) is 3.36. The average molecular weight is 429 g/mol. The third-order valence-corrected chi connectivity index (χ3v) is 7.43. The summed E-state index contributed by atoms with van der Waals surface area (Å²) < 4.78 is 14.8. The summed E-state index contributed by atoms with van der Waals surface area (Å²) in [6.07, 6.45) is 2.00. The molecule has 1 amide bonds. The normalized spacial score (nSPS) is 24.1. The molecule has 0 bridgehead atoms. The summed E-state index contributed by atoms with van der Waals surface area (Å²) in [5.74, 6) is 0.261. The van der Waals surface area contributed by atoms with Crippen LogP contribution in [0, 0.1) is 11.9 Å². The van der Waals surface area contributed by atoms with Gasteiger partial charge < -0.3 is 16.0 Å². The van der Waals surface area contributed by atoms with Gasteiger partial charge >= 0.3 is 0 Å². The van der Waals surface area contributed by atoms with E-state index < -0.39 is 5.95 Å². The van der Waals surface area contributed by atoms with Crippen molar-refractivity contribution in [3.05, 3.63) is 71.2 Å². The number of likely N-dealkylation sites (N-methyl/N-ethyl adjacent to an activating group) is 1. The number of fused-ring (bicyclic) bond motifs is 2. The molecule has 3 N–H and O–H groups in total. The first kappa shape index (κ1) is 19.4. The van der Waals surface area contributed by atoms with Gasteiger partial charge in [0.25, 0.3) is 5.91 Å². The van der Waals surface area contributed by atoms with E-state index in [0.29, 0.717) is 23.2 Å². The molecule has 2 aliphatic heterocycles. The molecule has 2 fully saturated rings. The third-order valence-electron chi connectivity index (χ3n) is 7.43. The molecule has 1 aromatic heterocycles. The maximum Gasteiger partial charge on any atom is 0.251 e. The number of carbonyl (C=O) groups excluding carboxylic acids is 1. The molecule has 5 nitrogen and oxygen atoms in total. The second-order valence-electron chi connectivity index (χ2n) is 9.47. The van der Waals surface area contributed by atoms with Crippen molar-refractivity contribution in [2.24, 2.45) is 5.92 Å². The number of nitrogens with zero attached hydrogens (tertiary/aromatic N) is 2. The smallest absolute Gasteiger partial charge is 0.251 e. The monoisotopic (exact) mass is 428 g/mol. The fourth-order valence-electron chi connectivity index (χ4n) is 5.70. The van der Waals surface area contributed by atoms with Gasteiger partial charge in [0.2, 0.25) is 5.95 Å². The number of amides is 1. The Morgan fingerprint density at radius 2 is 1.88 bits per heavy atom. The van der Waals surface area contributed by atoms with Crippen LogP contribution in [0.3, 0.4) is 0 Å².